The van der Waals surface area contributed by atoms with Gasteiger partial charge in [0, 0.05) is 32.3 Å². The van der Waals surface area contributed by atoms with Crippen LogP contribution < -0.4 is 10.6 Å². The second-order valence-corrected chi connectivity index (χ2v) is 17.9. The molecule has 5 aliphatic heterocycles. The molecule has 1 saturated carbocycles. The zero-order valence-electron chi connectivity index (χ0n) is 34.6. The third-order valence-corrected chi connectivity index (χ3v) is 12.1. The topological polar surface area (TPSA) is 51.8 Å². The van der Waals surface area contributed by atoms with Gasteiger partial charge < -0.3 is 24.8 Å². The van der Waals surface area contributed by atoms with Crippen LogP contribution in [0.1, 0.15) is 141 Å². The Morgan fingerprint density at radius 2 is 0.771 bits per heavy atom. The van der Waals surface area contributed by atoms with Crippen LogP contribution in [0.15, 0.2) is 0 Å². The molecule has 0 bridgehead atoms. The van der Waals surface area contributed by atoms with Crippen LogP contribution in [0.3, 0.4) is 0 Å². The Morgan fingerprint density at radius 1 is 0.354 bits per heavy atom. The third-order valence-electron chi connectivity index (χ3n) is 12.1. The lowest BCUT2D eigenvalue weighted by Crippen LogP contribution is -2.44. The van der Waals surface area contributed by atoms with Crippen molar-refractivity contribution in [1.29, 1.82) is 0 Å². The molecule has 0 aromatic rings. The first-order chi connectivity index (χ1) is 22.8. The van der Waals surface area contributed by atoms with Crippen LogP contribution >= 0.6 is 0 Å². The van der Waals surface area contributed by atoms with Crippen LogP contribution in [0.4, 0.5) is 0 Å². The van der Waals surface area contributed by atoms with Crippen molar-refractivity contribution in [3.05, 3.63) is 0 Å². The Kier molecular flexibility index (Phi) is 26.2. The smallest absolute Gasteiger partial charge is 0.0518 e. The maximum Gasteiger partial charge on any atom is 0.0518 e. The van der Waals surface area contributed by atoms with E-state index < -0.39 is 0 Å². The number of ether oxygens (including phenoxy) is 3. The van der Waals surface area contributed by atoms with Crippen molar-refractivity contribution in [2.45, 2.75) is 141 Å². The van der Waals surface area contributed by atoms with Crippen molar-refractivity contribution < 1.29 is 14.2 Å². The Morgan fingerprint density at radius 3 is 0.979 bits per heavy atom. The molecular weight excluding hydrogens is 592 g/mol. The van der Waals surface area contributed by atoms with Gasteiger partial charge in [-0.1, -0.05) is 115 Å². The summed E-state index contributed by atoms with van der Waals surface area (Å²) in [4.78, 5) is 0. The summed E-state index contributed by atoms with van der Waals surface area (Å²) in [6, 6.07) is 0. The minimum Gasteiger partial charge on any atom is -0.381 e. The molecule has 1 aliphatic carbocycles. The average molecular weight is 681 g/mol. The largest absolute Gasteiger partial charge is 0.381 e. The first-order valence-corrected chi connectivity index (χ1v) is 21.0. The minimum absolute atomic E-state index is 0.817. The van der Waals surface area contributed by atoms with Crippen molar-refractivity contribution in [2.24, 2.45) is 71.0 Å². The van der Waals surface area contributed by atoms with E-state index >= 15 is 0 Å². The molecule has 288 valence electrons. The summed E-state index contributed by atoms with van der Waals surface area (Å²) in [7, 11) is 0. The summed E-state index contributed by atoms with van der Waals surface area (Å²) in [6.45, 7) is 38.4. The van der Waals surface area contributed by atoms with Crippen LogP contribution in [0.2, 0.25) is 0 Å². The normalized spacial score (nSPS) is 25.1. The van der Waals surface area contributed by atoms with Crippen LogP contribution in [-0.2, 0) is 14.2 Å². The van der Waals surface area contributed by atoms with Gasteiger partial charge in [-0.15, -0.1) is 0 Å². The summed E-state index contributed by atoms with van der Waals surface area (Å²) in [6.07, 6.45) is 12.7. The van der Waals surface area contributed by atoms with Gasteiger partial charge in [-0.25, -0.2) is 0 Å². The molecule has 5 heterocycles. The highest BCUT2D eigenvalue weighted by Gasteiger charge is 2.22. The molecule has 5 nitrogen and oxygen atoms in total. The van der Waals surface area contributed by atoms with Gasteiger partial charge in [-0.05, 0) is 117 Å². The van der Waals surface area contributed by atoms with E-state index in [0.29, 0.717) is 0 Å². The third kappa shape index (κ3) is 21.2. The molecule has 0 aromatic heterocycles. The van der Waals surface area contributed by atoms with E-state index in [4.69, 9.17) is 14.2 Å². The standard InChI is InChI=1S/C9H18.C8H16O.C7H15N.C7H14O.C6H13N.C6H12O/c1-8(2)9-6-4-3-5-7-9;1-7(2)8-3-5-9-6-4-8;2*1-6(2)7-3-4-8-5-7;2*1-5(2)6-3-7-4-6/h8-9H,3-7H2,1-2H3;7-8H,3-6H2,1-2H3;6-8H,3-5H2,1-2H3;6-7H,3-5H2,1-2H3;5-7H,3-4H2,1-2H3;5-6H,3-4H2,1-2H3. The van der Waals surface area contributed by atoms with E-state index in [9.17, 15) is 0 Å². The van der Waals surface area contributed by atoms with Gasteiger partial charge in [-0.3, -0.25) is 0 Å². The predicted molar refractivity (Wildman–Crippen MR) is 210 cm³/mol. The zero-order valence-corrected chi connectivity index (χ0v) is 34.6. The van der Waals surface area contributed by atoms with Gasteiger partial charge >= 0.3 is 0 Å². The van der Waals surface area contributed by atoms with Gasteiger partial charge in [0.2, 0.25) is 0 Å². The quantitative estimate of drug-likeness (QED) is 0.292. The first-order valence-electron chi connectivity index (χ1n) is 21.0. The maximum absolute atomic E-state index is 5.25. The molecule has 0 aromatic carbocycles. The Balaban J connectivity index is 0.000000289. The van der Waals surface area contributed by atoms with E-state index in [2.05, 4.69) is 93.7 Å². The minimum atomic E-state index is 0.817. The predicted octanol–water partition coefficient (Wildman–Crippen LogP) is 10.4. The molecule has 0 radical (unpaired) electrons. The van der Waals surface area contributed by atoms with Crippen molar-refractivity contribution in [3.63, 3.8) is 0 Å². The van der Waals surface area contributed by atoms with Crippen molar-refractivity contribution in [2.75, 3.05) is 65.8 Å². The number of rotatable bonds is 6. The van der Waals surface area contributed by atoms with Crippen LogP contribution in [0.25, 0.3) is 0 Å². The van der Waals surface area contributed by atoms with Crippen molar-refractivity contribution in [1.82, 2.24) is 10.6 Å². The van der Waals surface area contributed by atoms with Gasteiger partial charge in [0.25, 0.3) is 0 Å². The number of hydrogen-bond acceptors (Lipinski definition) is 5. The summed E-state index contributed by atoms with van der Waals surface area (Å²) in [5.41, 5.74) is 0. The highest BCUT2D eigenvalue weighted by molar-refractivity contribution is 4.76. The van der Waals surface area contributed by atoms with Gasteiger partial charge in [-0.2, -0.15) is 0 Å². The molecule has 5 heteroatoms. The van der Waals surface area contributed by atoms with Crippen LogP contribution in [0.5, 0.6) is 0 Å². The molecule has 0 amide bonds. The Hall–Kier alpha value is -0.200. The molecule has 2 atom stereocenters. The number of hydrogen-bond donors (Lipinski definition) is 2. The molecule has 0 spiro atoms. The second-order valence-electron chi connectivity index (χ2n) is 17.9. The highest BCUT2D eigenvalue weighted by atomic mass is 16.5. The molecular formula is C43H88N2O3. The molecule has 6 rings (SSSR count). The Bertz CT molecular complexity index is 633. The van der Waals surface area contributed by atoms with Crippen LogP contribution in [0, 0.1) is 71.0 Å². The van der Waals surface area contributed by atoms with E-state index in [0.717, 1.165) is 111 Å². The van der Waals surface area contributed by atoms with E-state index in [1.54, 1.807) is 0 Å². The molecule has 6 fully saturated rings. The second kappa shape index (κ2) is 27.5. The summed E-state index contributed by atoms with van der Waals surface area (Å²) in [5, 5.41) is 6.60. The maximum atomic E-state index is 5.25. The zero-order chi connectivity index (χ0) is 35.9. The average Bonchev–Trinajstić information content (AvgIpc) is 3.73. The van der Waals surface area contributed by atoms with E-state index in [-0.39, 0.29) is 0 Å². The molecule has 6 aliphatic rings. The van der Waals surface area contributed by atoms with E-state index in [1.807, 2.05) is 0 Å². The van der Waals surface area contributed by atoms with Crippen molar-refractivity contribution in [3.8, 4) is 0 Å². The molecule has 48 heavy (non-hydrogen) atoms. The fraction of sp³-hybridized carbons (Fsp3) is 1.00. The lowest BCUT2D eigenvalue weighted by atomic mass is 9.82. The SMILES string of the molecule is CC(C)C1CCCCC1.CC(C)C1CCNC1.CC(C)C1CCOC1.CC(C)C1CCOCC1.CC(C)C1CNC1.CC(C)C1COC1. The monoisotopic (exact) mass is 681 g/mol. The van der Waals surface area contributed by atoms with E-state index in [1.165, 1.54) is 84.0 Å². The number of nitrogens with one attached hydrogen (secondary N) is 2. The van der Waals surface area contributed by atoms with Gasteiger partial charge in [0.15, 0.2) is 0 Å². The molecule has 2 unspecified atom stereocenters. The summed E-state index contributed by atoms with van der Waals surface area (Å²) >= 11 is 0. The Labute approximate surface area is 302 Å². The molecule has 5 saturated heterocycles. The molecule has 2 N–H and O–H groups in total. The summed E-state index contributed by atoms with van der Waals surface area (Å²) < 4.78 is 15.5. The highest BCUT2D eigenvalue weighted by Crippen LogP contribution is 2.29. The van der Waals surface area contributed by atoms with Gasteiger partial charge in [0.1, 0.15) is 0 Å². The summed E-state index contributed by atoms with van der Waals surface area (Å²) in [5.74, 6) is 10.8. The van der Waals surface area contributed by atoms with Crippen LogP contribution in [-0.4, -0.2) is 65.8 Å². The fourth-order valence-electron chi connectivity index (χ4n) is 6.93. The van der Waals surface area contributed by atoms with Gasteiger partial charge in [0.05, 0.1) is 13.2 Å². The lowest BCUT2D eigenvalue weighted by Gasteiger charge is -2.30. The first kappa shape index (κ1) is 45.8. The fourth-order valence-corrected chi connectivity index (χ4v) is 6.93. The lowest BCUT2D eigenvalue weighted by molar-refractivity contribution is -0.0534. The van der Waals surface area contributed by atoms with Crippen molar-refractivity contribution >= 4 is 0 Å².